The number of hydrogen-bond donors (Lipinski definition) is 3. The molecule has 5 aliphatic carbocycles. The van der Waals surface area contributed by atoms with Crippen molar-refractivity contribution in [3.8, 4) is 0 Å². The van der Waals surface area contributed by atoms with Gasteiger partial charge in [0.15, 0.2) is 0 Å². The highest BCUT2D eigenvalue weighted by Gasteiger charge is 2.69. The van der Waals surface area contributed by atoms with Gasteiger partial charge in [-0.25, -0.2) is 0 Å². The van der Waals surface area contributed by atoms with Crippen molar-refractivity contribution in [2.45, 2.75) is 101 Å². The zero-order valence-electron chi connectivity index (χ0n) is 17.7. The van der Waals surface area contributed by atoms with E-state index in [0.717, 1.165) is 57.8 Å². The maximum Gasteiger partial charge on any atom is 0.220 e. The Morgan fingerprint density at radius 2 is 1.79 bits per heavy atom. The molecule has 0 aromatic heterocycles. The van der Waals surface area contributed by atoms with Gasteiger partial charge in [-0.1, -0.05) is 0 Å². The van der Waals surface area contributed by atoms with E-state index >= 15 is 0 Å². The Hall–Kier alpha value is -0.730. The van der Waals surface area contributed by atoms with E-state index < -0.39 is 22.7 Å². The highest BCUT2D eigenvalue weighted by Crippen LogP contribution is 2.65. The van der Waals surface area contributed by atoms with Gasteiger partial charge < -0.3 is 20.9 Å². The number of ether oxygens (including phenoxy) is 1. The number of carbonyl (C=O) groups excluding carboxylic acids is 1. The summed E-state index contributed by atoms with van der Waals surface area (Å²) in [5.74, 6) is 0.107. The fourth-order valence-electron chi connectivity index (χ4n) is 6.82. The number of rotatable bonds is 4. The minimum absolute atomic E-state index is 0.0692. The van der Waals surface area contributed by atoms with Crippen molar-refractivity contribution < 1.29 is 24.4 Å². The number of hydrogen-bond acceptors (Lipinski definition) is 6. The Labute approximate surface area is 172 Å². The monoisotopic (exact) mass is 408 g/mol. The molecule has 5 saturated carbocycles. The topological polar surface area (TPSA) is 103 Å². The Kier molecular flexibility index (Phi) is 4.62. The molecule has 4 bridgehead atoms. The summed E-state index contributed by atoms with van der Waals surface area (Å²) in [4.78, 5) is 24.2. The van der Waals surface area contributed by atoms with Gasteiger partial charge in [0.1, 0.15) is 0 Å². The lowest BCUT2D eigenvalue weighted by Gasteiger charge is -2.60. The van der Waals surface area contributed by atoms with Gasteiger partial charge >= 0.3 is 0 Å². The van der Waals surface area contributed by atoms with Crippen LogP contribution in [0, 0.1) is 23.7 Å². The van der Waals surface area contributed by atoms with Crippen LogP contribution in [0.15, 0.2) is 0 Å². The standard InChI is InChI=1S/C22H36N2O5/c1-19(2,23)13-24-18(25)9-14-3-5-21(6-4-14)27-22(29-28-21)16-7-15-8-17(22)12-20(26,10-15)11-16/h14-17,26H,3-13,23H2,1-2H3,(H,24,25)/t14?,15?,16-,17+,20?,21?,22?. The number of carbonyl (C=O) groups is 1. The first kappa shape index (κ1) is 20.2. The van der Waals surface area contributed by atoms with Crippen LogP contribution < -0.4 is 11.1 Å². The second kappa shape index (κ2) is 6.63. The third-order valence-corrected chi connectivity index (χ3v) is 8.05. The van der Waals surface area contributed by atoms with E-state index in [1.54, 1.807) is 0 Å². The van der Waals surface area contributed by atoms with Crippen LogP contribution in [-0.4, -0.2) is 40.3 Å². The van der Waals surface area contributed by atoms with Crippen LogP contribution in [0.3, 0.4) is 0 Å². The summed E-state index contributed by atoms with van der Waals surface area (Å²) in [7, 11) is 0. The van der Waals surface area contributed by atoms with E-state index in [-0.39, 0.29) is 17.7 Å². The van der Waals surface area contributed by atoms with Gasteiger partial charge in [0.05, 0.1) is 5.60 Å². The second-order valence-electron chi connectivity index (χ2n) is 11.4. The average Bonchev–Trinajstić information content (AvgIpc) is 2.99. The van der Waals surface area contributed by atoms with Crippen molar-refractivity contribution in [1.29, 1.82) is 0 Å². The summed E-state index contributed by atoms with van der Waals surface area (Å²) >= 11 is 0. The van der Waals surface area contributed by atoms with Crippen molar-refractivity contribution in [3.05, 3.63) is 0 Å². The van der Waals surface area contributed by atoms with Crippen molar-refractivity contribution in [1.82, 2.24) is 5.32 Å². The molecule has 5 atom stereocenters. The van der Waals surface area contributed by atoms with E-state index in [1.165, 1.54) is 0 Å². The van der Waals surface area contributed by atoms with Crippen molar-refractivity contribution in [3.63, 3.8) is 0 Å². The molecule has 164 valence electrons. The van der Waals surface area contributed by atoms with Gasteiger partial charge in [0, 0.05) is 43.2 Å². The molecule has 0 aromatic rings. The summed E-state index contributed by atoms with van der Waals surface area (Å²) in [6, 6.07) is 0. The molecule has 6 aliphatic rings. The Bertz CT molecular complexity index is 651. The molecule has 7 heteroatoms. The second-order valence-corrected chi connectivity index (χ2v) is 11.4. The molecule has 1 aliphatic heterocycles. The summed E-state index contributed by atoms with van der Waals surface area (Å²) < 4.78 is 6.67. The average molecular weight is 409 g/mol. The van der Waals surface area contributed by atoms with Crippen LogP contribution in [-0.2, 0) is 19.3 Å². The van der Waals surface area contributed by atoms with Crippen LogP contribution in [0.1, 0.15) is 78.1 Å². The molecule has 0 radical (unpaired) electrons. The molecule has 7 nitrogen and oxygen atoms in total. The van der Waals surface area contributed by atoms with Crippen LogP contribution in [0.4, 0.5) is 0 Å². The lowest BCUT2D eigenvalue weighted by molar-refractivity contribution is -0.397. The summed E-state index contributed by atoms with van der Waals surface area (Å²) in [6.45, 7) is 4.30. The fraction of sp³-hybridized carbons (Fsp3) is 0.955. The van der Waals surface area contributed by atoms with Gasteiger partial charge in [-0.05, 0) is 70.6 Å². The smallest absolute Gasteiger partial charge is 0.220 e. The predicted octanol–water partition coefficient (Wildman–Crippen LogP) is 2.36. The van der Waals surface area contributed by atoms with Gasteiger partial charge in [-0.3, -0.25) is 4.79 Å². The van der Waals surface area contributed by atoms with Gasteiger partial charge in [0.2, 0.25) is 17.5 Å². The first-order chi connectivity index (χ1) is 13.6. The van der Waals surface area contributed by atoms with Crippen molar-refractivity contribution >= 4 is 5.91 Å². The van der Waals surface area contributed by atoms with Gasteiger partial charge in [-0.2, -0.15) is 9.78 Å². The molecule has 3 unspecified atom stereocenters. The summed E-state index contributed by atoms with van der Waals surface area (Å²) in [6.07, 6.45) is 8.41. The predicted molar refractivity (Wildman–Crippen MR) is 105 cm³/mol. The van der Waals surface area contributed by atoms with Crippen LogP contribution in [0.2, 0.25) is 0 Å². The maximum atomic E-state index is 12.2. The third-order valence-electron chi connectivity index (χ3n) is 8.05. The third kappa shape index (κ3) is 3.63. The Morgan fingerprint density at radius 3 is 2.38 bits per heavy atom. The number of nitrogens with two attached hydrogens (primary N) is 1. The van der Waals surface area contributed by atoms with Gasteiger partial charge in [-0.15, -0.1) is 0 Å². The molecule has 0 aromatic carbocycles. The highest BCUT2D eigenvalue weighted by molar-refractivity contribution is 5.76. The highest BCUT2D eigenvalue weighted by atomic mass is 17.3. The molecule has 6 rings (SSSR count). The normalized spacial score (nSPS) is 48.6. The zero-order valence-corrected chi connectivity index (χ0v) is 17.7. The molecule has 1 heterocycles. The Morgan fingerprint density at radius 1 is 1.14 bits per heavy atom. The fourth-order valence-corrected chi connectivity index (χ4v) is 6.82. The minimum atomic E-state index is -0.676. The molecule has 2 spiro atoms. The van der Waals surface area contributed by atoms with Gasteiger partial charge in [0.25, 0.3) is 0 Å². The lowest BCUT2D eigenvalue weighted by atomic mass is 9.51. The maximum absolute atomic E-state index is 12.2. The number of nitrogens with one attached hydrogen (secondary N) is 1. The number of aliphatic hydroxyl groups is 1. The molecule has 1 saturated heterocycles. The molecular weight excluding hydrogens is 372 g/mol. The van der Waals surface area contributed by atoms with E-state index in [1.807, 2.05) is 13.8 Å². The van der Waals surface area contributed by atoms with E-state index in [9.17, 15) is 9.90 Å². The number of amides is 1. The van der Waals surface area contributed by atoms with Crippen molar-refractivity contribution in [2.24, 2.45) is 29.4 Å². The molecular formula is C22H36N2O5. The van der Waals surface area contributed by atoms with Crippen LogP contribution in [0.5, 0.6) is 0 Å². The molecule has 4 N–H and O–H groups in total. The largest absolute Gasteiger partial charge is 0.390 e. The van der Waals surface area contributed by atoms with E-state index in [2.05, 4.69) is 5.32 Å². The van der Waals surface area contributed by atoms with Crippen molar-refractivity contribution in [2.75, 3.05) is 6.54 Å². The van der Waals surface area contributed by atoms with E-state index in [0.29, 0.717) is 24.8 Å². The van der Waals surface area contributed by atoms with Crippen LogP contribution >= 0.6 is 0 Å². The van der Waals surface area contributed by atoms with E-state index in [4.69, 9.17) is 20.2 Å². The quantitative estimate of drug-likeness (QED) is 0.617. The Balaban J connectivity index is 1.17. The lowest BCUT2D eigenvalue weighted by Crippen LogP contribution is -2.64. The summed E-state index contributed by atoms with van der Waals surface area (Å²) in [5.41, 5.74) is 5.03. The molecule has 6 fully saturated rings. The van der Waals surface area contributed by atoms with Crippen LogP contribution in [0.25, 0.3) is 0 Å². The first-order valence-corrected chi connectivity index (χ1v) is 11.4. The molecule has 29 heavy (non-hydrogen) atoms. The SMILES string of the molecule is CC(C)(N)CNC(=O)CC1CCC2(CC1)OOC1(O2)[C@@H]2CC3C[C@H]1CC(O)(C3)C2. The zero-order chi connectivity index (χ0) is 20.5. The first-order valence-electron chi connectivity index (χ1n) is 11.4. The summed E-state index contributed by atoms with van der Waals surface area (Å²) in [5, 5.41) is 13.8. The minimum Gasteiger partial charge on any atom is -0.390 e. The molecule has 1 amide bonds.